The third kappa shape index (κ3) is 3.29. The zero-order valence-electron chi connectivity index (χ0n) is 11.9. The molecule has 1 aromatic carbocycles. The summed E-state index contributed by atoms with van der Waals surface area (Å²) in [6.07, 6.45) is 6.25. The van der Waals surface area contributed by atoms with Gasteiger partial charge in [0.2, 0.25) is 0 Å². The van der Waals surface area contributed by atoms with Crippen LogP contribution in [-0.4, -0.2) is 7.11 Å². The summed E-state index contributed by atoms with van der Waals surface area (Å²) < 4.78 is 5.22. The summed E-state index contributed by atoms with van der Waals surface area (Å²) in [7, 11) is 1.70. The van der Waals surface area contributed by atoms with Crippen LogP contribution in [0.5, 0.6) is 5.75 Å². The molecule has 0 amide bonds. The number of rotatable bonds is 3. The van der Waals surface area contributed by atoms with Crippen LogP contribution in [0.4, 0.5) is 0 Å². The molecule has 1 fully saturated rings. The Labute approximate surface area is 116 Å². The summed E-state index contributed by atoms with van der Waals surface area (Å²) in [5, 5.41) is 9.26. The third-order valence-electron chi connectivity index (χ3n) is 4.46. The van der Waals surface area contributed by atoms with E-state index in [1.807, 2.05) is 12.1 Å². The average Bonchev–Trinajstić information content (AvgIpc) is 2.72. The highest BCUT2D eigenvalue weighted by Crippen LogP contribution is 2.40. The first-order valence-electron chi connectivity index (χ1n) is 7.30. The second-order valence-electron chi connectivity index (χ2n) is 5.60. The molecule has 3 atom stereocenters. The predicted molar refractivity (Wildman–Crippen MR) is 77.1 cm³/mol. The van der Waals surface area contributed by atoms with Crippen molar-refractivity contribution in [1.29, 1.82) is 5.26 Å². The van der Waals surface area contributed by atoms with E-state index < -0.39 is 0 Å². The van der Waals surface area contributed by atoms with Gasteiger partial charge in [-0.05, 0) is 49.3 Å². The van der Waals surface area contributed by atoms with E-state index in [-0.39, 0.29) is 5.92 Å². The molecule has 1 aliphatic rings. The standard InChI is InChI=1S/C17H23NO/c1-13(12-18)16-6-4-3-5-7-17(16)14-8-10-15(19-2)11-9-14/h8-11,13,16-17H,3-7H2,1-2H3. The van der Waals surface area contributed by atoms with E-state index >= 15 is 0 Å². The minimum absolute atomic E-state index is 0.144. The van der Waals surface area contributed by atoms with Gasteiger partial charge in [-0.2, -0.15) is 5.26 Å². The molecule has 0 aromatic heterocycles. The quantitative estimate of drug-likeness (QED) is 0.746. The molecule has 1 aliphatic carbocycles. The van der Waals surface area contributed by atoms with Crippen LogP contribution in [0.3, 0.4) is 0 Å². The lowest BCUT2D eigenvalue weighted by Crippen LogP contribution is -2.18. The molecule has 2 rings (SSSR count). The monoisotopic (exact) mass is 257 g/mol. The second kappa shape index (κ2) is 6.61. The van der Waals surface area contributed by atoms with Gasteiger partial charge in [-0.15, -0.1) is 0 Å². The predicted octanol–water partition coefficient (Wildman–Crippen LogP) is 4.52. The number of nitrogens with zero attached hydrogens (tertiary/aromatic N) is 1. The Balaban J connectivity index is 2.23. The molecule has 0 aliphatic heterocycles. The Kier molecular flexibility index (Phi) is 4.85. The molecule has 0 bridgehead atoms. The Bertz CT molecular complexity index is 432. The first-order chi connectivity index (χ1) is 9.26. The average molecular weight is 257 g/mol. The maximum Gasteiger partial charge on any atom is 0.118 e. The molecule has 102 valence electrons. The number of hydrogen-bond donors (Lipinski definition) is 0. The maximum atomic E-state index is 9.26. The summed E-state index contributed by atoms with van der Waals surface area (Å²) in [6, 6.07) is 10.9. The minimum Gasteiger partial charge on any atom is -0.497 e. The summed E-state index contributed by atoms with van der Waals surface area (Å²) >= 11 is 0. The highest BCUT2D eigenvalue weighted by atomic mass is 16.5. The van der Waals surface area contributed by atoms with Gasteiger partial charge in [-0.1, -0.05) is 31.4 Å². The largest absolute Gasteiger partial charge is 0.497 e. The van der Waals surface area contributed by atoms with Crippen molar-refractivity contribution in [3.63, 3.8) is 0 Å². The summed E-state index contributed by atoms with van der Waals surface area (Å²) in [5.74, 6) is 2.08. The highest BCUT2D eigenvalue weighted by Gasteiger charge is 2.29. The molecule has 19 heavy (non-hydrogen) atoms. The van der Waals surface area contributed by atoms with Gasteiger partial charge in [0, 0.05) is 5.92 Å². The van der Waals surface area contributed by atoms with Gasteiger partial charge in [0.15, 0.2) is 0 Å². The van der Waals surface area contributed by atoms with Crippen LogP contribution in [0.2, 0.25) is 0 Å². The van der Waals surface area contributed by atoms with Crippen LogP contribution >= 0.6 is 0 Å². The zero-order valence-corrected chi connectivity index (χ0v) is 11.9. The molecule has 0 heterocycles. The number of benzene rings is 1. The normalized spacial score (nSPS) is 25.1. The van der Waals surface area contributed by atoms with Crippen LogP contribution in [-0.2, 0) is 0 Å². The summed E-state index contributed by atoms with van der Waals surface area (Å²) in [4.78, 5) is 0. The van der Waals surface area contributed by atoms with E-state index in [0.29, 0.717) is 11.8 Å². The molecule has 0 N–H and O–H groups in total. The Morgan fingerprint density at radius 2 is 1.84 bits per heavy atom. The topological polar surface area (TPSA) is 33.0 Å². The van der Waals surface area contributed by atoms with Crippen LogP contribution in [0.15, 0.2) is 24.3 Å². The maximum absolute atomic E-state index is 9.26. The second-order valence-corrected chi connectivity index (χ2v) is 5.60. The van der Waals surface area contributed by atoms with E-state index in [2.05, 4.69) is 25.1 Å². The molecule has 2 nitrogen and oxygen atoms in total. The first-order valence-corrected chi connectivity index (χ1v) is 7.30. The molecule has 0 saturated heterocycles. The van der Waals surface area contributed by atoms with Gasteiger partial charge in [0.05, 0.1) is 13.2 Å². The number of ether oxygens (including phenoxy) is 1. The van der Waals surface area contributed by atoms with E-state index in [9.17, 15) is 5.26 Å². The fourth-order valence-electron chi connectivity index (χ4n) is 3.30. The van der Waals surface area contributed by atoms with Gasteiger partial charge in [0.25, 0.3) is 0 Å². The molecule has 0 spiro atoms. The van der Waals surface area contributed by atoms with Gasteiger partial charge in [-0.25, -0.2) is 0 Å². The molecule has 0 radical (unpaired) electrons. The van der Waals surface area contributed by atoms with Crippen LogP contribution < -0.4 is 4.74 Å². The lowest BCUT2D eigenvalue weighted by Gasteiger charge is -2.27. The van der Waals surface area contributed by atoms with Crippen molar-refractivity contribution in [3.8, 4) is 11.8 Å². The van der Waals surface area contributed by atoms with Crippen molar-refractivity contribution in [1.82, 2.24) is 0 Å². The van der Waals surface area contributed by atoms with Crippen molar-refractivity contribution >= 4 is 0 Å². The number of nitriles is 1. The van der Waals surface area contributed by atoms with Gasteiger partial charge in [-0.3, -0.25) is 0 Å². The Hall–Kier alpha value is -1.49. The number of hydrogen-bond acceptors (Lipinski definition) is 2. The zero-order chi connectivity index (χ0) is 13.7. The van der Waals surface area contributed by atoms with Crippen LogP contribution in [0.25, 0.3) is 0 Å². The molecular formula is C17H23NO. The van der Waals surface area contributed by atoms with Gasteiger partial charge < -0.3 is 4.74 Å². The van der Waals surface area contributed by atoms with Crippen molar-refractivity contribution in [2.45, 2.75) is 44.9 Å². The molecule has 3 unspecified atom stereocenters. The lowest BCUT2D eigenvalue weighted by atomic mass is 9.76. The molecular weight excluding hydrogens is 234 g/mol. The van der Waals surface area contributed by atoms with E-state index in [0.717, 1.165) is 5.75 Å². The molecule has 1 saturated carbocycles. The highest BCUT2D eigenvalue weighted by molar-refractivity contribution is 5.30. The van der Waals surface area contributed by atoms with E-state index in [1.54, 1.807) is 7.11 Å². The van der Waals surface area contributed by atoms with Crippen LogP contribution in [0.1, 0.15) is 50.5 Å². The minimum atomic E-state index is 0.144. The van der Waals surface area contributed by atoms with Crippen LogP contribution in [0, 0.1) is 23.2 Å². The van der Waals surface area contributed by atoms with E-state index in [1.165, 1.54) is 37.7 Å². The van der Waals surface area contributed by atoms with Crippen molar-refractivity contribution in [2.75, 3.05) is 7.11 Å². The number of methoxy groups -OCH3 is 1. The van der Waals surface area contributed by atoms with Crippen molar-refractivity contribution < 1.29 is 4.74 Å². The van der Waals surface area contributed by atoms with Gasteiger partial charge in [0.1, 0.15) is 5.75 Å². The smallest absolute Gasteiger partial charge is 0.118 e. The third-order valence-corrected chi connectivity index (χ3v) is 4.46. The van der Waals surface area contributed by atoms with Crippen molar-refractivity contribution in [3.05, 3.63) is 29.8 Å². The van der Waals surface area contributed by atoms with E-state index in [4.69, 9.17) is 4.74 Å². The Morgan fingerprint density at radius 1 is 1.16 bits per heavy atom. The SMILES string of the molecule is COc1ccc(C2CCCCCC2C(C)C#N)cc1. The van der Waals surface area contributed by atoms with Gasteiger partial charge >= 0.3 is 0 Å². The summed E-state index contributed by atoms with van der Waals surface area (Å²) in [6.45, 7) is 2.08. The summed E-state index contributed by atoms with van der Waals surface area (Å²) in [5.41, 5.74) is 1.37. The Morgan fingerprint density at radius 3 is 2.47 bits per heavy atom. The molecule has 1 aromatic rings. The van der Waals surface area contributed by atoms with Crippen molar-refractivity contribution in [2.24, 2.45) is 11.8 Å². The fraction of sp³-hybridized carbons (Fsp3) is 0.588. The lowest BCUT2D eigenvalue weighted by molar-refractivity contribution is 0.330. The first kappa shape index (κ1) is 13.9. The molecule has 2 heteroatoms. The fourth-order valence-corrected chi connectivity index (χ4v) is 3.30.